The number of fused-ring (bicyclic) bond motifs is 1. The maximum atomic E-state index is 11.7. The van der Waals surface area contributed by atoms with Gasteiger partial charge in [0.2, 0.25) is 0 Å². The van der Waals surface area contributed by atoms with E-state index in [0.717, 1.165) is 23.1 Å². The Bertz CT molecular complexity index is 459. The van der Waals surface area contributed by atoms with Gasteiger partial charge in [0.25, 0.3) is 0 Å². The van der Waals surface area contributed by atoms with Gasteiger partial charge in [-0.3, -0.25) is 4.98 Å². The lowest BCUT2D eigenvalue weighted by atomic mass is 9.98. The van der Waals surface area contributed by atoms with E-state index in [-0.39, 0.29) is 5.97 Å². The van der Waals surface area contributed by atoms with E-state index < -0.39 is 0 Å². The zero-order valence-electron chi connectivity index (χ0n) is 10.8. The molecule has 3 nitrogen and oxygen atoms in total. The third kappa shape index (κ3) is 2.58. The van der Waals surface area contributed by atoms with Crippen LogP contribution in [-0.4, -0.2) is 23.4 Å². The molecule has 0 aliphatic heterocycles. The number of aromatic nitrogens is 1. The maximum absolute atomic E-state index is 11.7. The molecular formula is C14H18BrNO2. The van der Waals surface area contributed by atoms with E-state index in [4.69, 9.17) is 4.74 Å². The van der Waals surface area contributed by atoms with Crippen LogP contribution in [0.5, 0.6) is 0 Å². The Labute approximate surface area is 116 Å². The van der Waals surface area contributed by atoms with Gasteiger partial charge in [0, 0.05) is 16.9 Å². The molecule has 0 saturated heterocycles. The molecule has 1 heterocycles. The number of nitrogens with zero attached hydrogens (tertiary/aromatic N) is 1. The van der Waals surface area contributed by atoms with Crippen LogP contribution in [-0.2, 0) is 11.2 Å². The van der Waals surface area contributed by atoms with Crippen molar-refractivity contribution < 1.29 is 9.53 Å². The molecule has 4 heteroatoms. The number of carbonyl (C=O) groups excluding carboxylic acids is 1. The second-order valence-corrected chi connectivity index (χ2v) is 5.40. The fourth-order valence-corrected chi connectivity index (χ4v) is 3.16. The number of hydrogen-bond donors (Lipinski definition) is 0. The number of pyridine rings is 1. The summed E-state index contributed by atoms with van der Waals surface area (Å²) in [5, 5.41) is 0.935. The summed E-state index contributed by atoms with van der Waals surface area (Å²) in [6.07, 6.45) is 4.57. The Hall–Kier alpha value is -0.900. The zero-order chi connectivity index (χ0) is 13.1. The normalized spacial score (nSPS) is 18.9. The summed E-state index contributed by atoms with van der Waals surface area (Å²) >= 11 is 3.57. The maximum Gasteiger partial charge on any atom is 0.339 e. The highest BCUT2D eigenvalue weighted by molar-refractivity contribution is 9.09. The molecule has 1 aliphatic carbocycles. The predicted octanol–water partition coefficient (Wildman–Crippen LogP) is 3.38. The molecule has 1 aromatic heterocycles. The molecule has 0 saturated carbocycles. The fraction of sp³-hybridized carbons (Fsp3) is 0.571. The molecule has 18 heavy (non-hydrogen) atoms. The second-order valence-electron chi connectivity index (χ2n) is 4.75. The van der Waals surface area contributed by atoms with Crippen LogP contribution in [0.1, 0.15) is 52.5 Å². The Morgan fingerprint density at radius 2 is 2.33 bits per heavy atom. The summed E-state index contributed by atoms with van der Waals surface area (Å²) in [6, 6.07) is 1.98. The van der Waals surface area contributed by atoms with Gasteiger partial charge in [-0.25, -0.2) is 4.79 Å². The van der Waals surface area contributed by atoms with Gasteiger partial charge in [0.15, 0.2) is 0 Å². The summed E-state index contributed by atoms with van der Waals surface area (Å²) < 4.78 is 4.80. The van der Waals surface area contributed by atoms with E-state index >= 15 is 0 Å². The molecule has 98 valence electrons. The van der Waals surface area contributed by atoms with Crippen molar-refractivity contribution in [1.29, 1.82) is 0 Å². The Kier molecular flexibility index (Phi) is 4.38. The van der Waals surface area contributed by atoms with E-state index in [9.17, 15) is 4.79 Å². The minimum Gasteiger partial charge on any atom is -0.465 e. The van der Waals surface area contributed by atoms with Crippen LogP contribution in [0.15, 0.2) is 6.07 Å². The minimum absolute atomic E-state index is 0.289. The predicted molar refractivity (Wildman–Crippen MR) is 74.4 cm³/mol. The quantitative estimate of drug-likeness (QED) is 0.477. The largest absolute Gasteiger partial charge is 0.465 e. The Morgan fingerprint density at radius 1 is 1.56 bits per heavy atom. The number of rotatable bonds is 2. The number of hydrogen-bond acceptors (Lipinski definition) is 3. The number of halogens is 1. The second kappa shape index (κ2) is 5.83. The first kappa shape index (κ1) is 13.5. The SMILES string of the molecule is COC(=O)c1cc2c(nc1C)C(CBr)CCCC2. The minimum atomic E-state index is -0.289. The fourth-order valence-electron chi connectivity index (χ4n) is 2.53. The highest BCUT2D eigenvalue weighted by Gasteiger charge is 2.22. The van der Waals surface area contributed by atoms with Crippen LogP contribution < -0.4 is 0 Å². The van der Waals surface area contributed by atoms with Crippen molar-refractivity contribution in [3.63, 3.8) is 0 Å². The molecule has 2 rings (SSSR count). The van der Waals surface area contributed by atoms with Gasteiger partial charge in [-0.05, 0) is 37.8 Å². The highest BCUT2D eigenvalue weighted by Crippen LogP contribution is 2.31. The summed E-state index contributed by atoms with van der Waals surface area (Å²) in [7, 11) is 1.41. The molecule has 1 aromatic rings. The van der Waals surface area contributed by atoms with E-state index in [1.165, 1.54) is 31.9 Å². The monoisotopic (exact) mass is 311 g/mol. The van der Waals surface area contributed by atoms with E-state index in [1.54, 1.807) is 0 Å². The molecular weight excluding hydrogens is 294 g/mol. The zero-order valence-corrected chi connectivity index (χ0v) is 12.4. The Balaban J connectivity index is 2.47. The van der Waals surface area contributed by atoms with E-state index in [2.05, 4.69) is 20.9 Å². The number of carbonyl (C=O) groups is 1. The van der Waals surface area contributed by atoms with Gasteiger partial charge in [-0.2, -0.15) is 0 Å². The van der Waals surface area contributed by atoms with Crippen LogP contribution in [0.25, 0.3) is 0 Å². The topological polar surface area (TPSA) is 39.2 Å². The average molecular weight is 312 g/mol. The first-order chi connectivity index (χ1) is 8.67. The van der Waals surface area contributed by atoms with Crippen molar-refractivity contribution in [2.24, 2.45) is 0 Å². The van der Waals surface area contributed by atoms with Crippen LogP contribution in [0.3, 0.4) is 0 Å². The van der Waals surface area contributed by atoms with Gasteiger partial charge in [-0.1, -0.05) is 22.4 Å². The number of aryl methyl sites for hydroxylation is 2. The molecule has 1 unspecified atom stereocenters. The summed E-state index contributed by atoms with van der Waals surface area (Å²) in [5.74, 6) is 0.176. The number of esters is 1. The molecule has 0 N–H and O–H groups in total. The van der Waals surface area contributed by atoms with Gasteiger partial charge >= 0.3 is 5.97 Å². The lowest BCUT2D eigenvalue weighted by molar-refractivity contribution is 0.0599. The lowest BCUT2D eigenvalue weighted by Crippen LogP contribution is -2.11. The average Bonchev–Trinajstić information content (AvgIpc) is 2.58. The summed E-state index contributed by atoms with van der Waals surface area (Å²) in [4.78, 5) is 16.3. The van der Waals surface area contributed by atoms with Crippen molar-refractivity contribution in [3.05, 3.63) is 28.6 Å². The van der Waals surface area contributed by atoms with Crippen LogP contribution in [0, 0.1) is 6.92 Å². The van der Waals surface area contributed by atoms with Crippen molar-refractivity contribution in [1.82, 2.24) is 4.98 Å². The van der Waals surface area contributed by atoms with Crippen LogP contribution in [0.4, 0.5) is 0 Å². The molecule has 0 spiro atoms. The number of methoxy groups -OCH3 is 1. The third-order valence-corrected chi connectivity index (χ3v) is 4.33. The molecule has 0 aromatic carbocycles. The van der Waals surface area contributed by atoms with Crippen molar-refractivity contribution in [2.45, 2.75) is 38.5 Å². The first-order valence-corrected chi connectivity index (χ1v) is 7.44. The molecule has 0 bridgehead atoms. The molecule has 0 amide bonds. The Morgan fingerprint density at radius 3 is 3.00 bits per heavy atom. The molecule has 0 fully saturated rings. The van der Waals surface area contributed by atoms with E-state index in [0.29, 0.717) is 11.5 Å². The van der Waals surface area contributed by atoms with E-state index in [1.807, 2.05) is 13.0 Å². The highest BCUT2D eigenvalue weighted by atomic mass is 79.9. The van der Waals surface area contributed by atoms with Gasteiger partial charge in [0.05, 0.1) is 18.4 Å². The number of alkyl halides is 1. The van der Waals surface area contributed by atoms with Gasteiger partial charge in [0.1, 0.15) is 0 Å². The molecule has 1 aliphatic rings. The van der Waals surface area contributed by atoms with Crippen molar-refractivity contribution in [2.75, 3.05) is 12.4 Å². The molecule has 1 atom stereocenters. The molecule has 0 radical (unpaired) electrons. The number of ether oxygens (including phenoxy) is 1. The summed E-state index contributed by atoms with van der Waals surface area (Å²) in [5.41, 5.74) is 3.75. The third-order valence-electron chi connectivity index (χ3n) is 3.55. The van der Waals surface area contributed by atoms with Crippen molar-refractivity contribution >= 4 is 21.9 Å². The van der Waals surface area contributed by atoms with Crippen molar-refractivity contribution in [3.8, 4) is 0 Å². The summed E-state index contributed by atoms with van der Waals surface area (Å²) in [6.45, 7) is 1.88. The van der Waals surface area contributed by atoms with Gasteiger partial charge in [-0.15, -0.1) is 0 Å². The smallest absolute Gasteiger partial charge is 0.339 e. The lowest BCUT2D eigenvalue weighted by Gasteiger charge is -2.16. The first-order valence-electron chi connectivity index (χ1n) is 6.32. The van der Waals surface area contributed by atoms with Gasteiger partial charge < -0.3 is 4.74 Å². The van der Waals surface area contributed by atoms with Crippen LogP contribution >= 0.6 is 15.9 Å². The standard InChI is InChI=1S/C14H18BrNO2/c1-9-12(14(17)18-2)7-10-5-3-4-6-11(8-15)13(10)16-9/h7,11H,3-6,8H2,1-2H3. The van der Waals surface area contributed by atoms with Crippen LogP contribution in [0.2, 0.25) is 0 Å².